The van der Waals surface area contributed by atoms with E-state index >= 15 is 0 Å². The molecule has 6 nitrogen and oxygen atoms in total. The third kappa shape index (κ3) is 5.45. The quantitative estimate of drug-likeness (QED) is 0.543. The van der Waals surface area contributed by atoms with E-state index < -0.39 is 17.8 Å². The molecule has 0 saturated carbocycles. The molecular formula is C19H17Cl2NO5. The third-order valence-electron chi connectivity index (χ3n) is 3.40. The van der Waals surface area contributed by atoms with Crippen molar-refractivity contribution in [1.29, 1.82) is 0 Å². The molecule has 0 unspecified atom stereocenters. The van der Waals surface area contributed by atoms with Crippen LogP contribution in [0.1, 0.15) is 37.0 Å². The van der Waals surface area contributed by atoms with Crippen LogP contribution in [0.15, 0.2) is 36.4 Å². The minimum absolute atomic E-state index is 0.0282. The SMILES string of the molecule is CCC(=O)Oc1ccccc1C(=O)Nc1cc(Cl)c(OC(=O)CC)c(Cl)c1. The molecule has 0 aliphatic rings. The lowest BCUT2D eigenvalue weighted by molar-refractivity contribution is -0.134. The molecule has 0 heterocycles. The van der Waals surface area contributed by atoms with Gasteiger partial charge in [0.2, 0.25) is 0 Å². The number of amides is 1. The van der Waals surface area contributed by atoms with E-state index in [9.17, 15) is 14.4 Å². The summed E-state index contributed by atoms with van der Waals surface area (Å²) in [5.74, 6) is -1.28. The Hall–Kier alpha value is -2.57. The maximum atomic E-state index is 12.6. The molecule has 1 N–H and O–H groups in total. The van der Waals surface area contributed by atoms with E-state index in [-0.39, 0.29) is 39.9 Å². The van der Waals surface area contributed by atoms with Crippen molar-refractivity contribution in [2.45, 2.75) is 26.7 Å². The minimum Gasteiger partial charge on any atom is -0.426 e. The number of halogens is 2. The highest BCUT2D eigenvalue weighted by atomic mass is 35.5. The van der Waals surface area contributed by atoms with Gasteiger partial charge >= 0.3 is 11.9 Å². The van der Waals surface area contributed by atoms with Crippen LogP contribution in [0.4, 0.5) is 5.69 Å². The summed E-state index contributed by atoms with van der Waals surface area (Å²) in [4.78, 5) is 35.5. The molecule has 0 atom stereocenters. The van der Waals surface area contributed by atoms with Crippen LogP contribution >= 0.6 is 23.2 Å². The molecule has 142 valence electrons. The van der Waals surface area contributed by atoms with Crippen LogP contribution in [0.2, 0.25) is 10.0 Å². The van der Waals surface area contributed by atoms with Gasteiger partial charge in [0.1, 0.15) is 5.75 Å². The number of hydrogen-bond donors (Lipinski definition) is 1. The fourth-order valence-corrected chi connectivity index (χ4v) is 2.62. The van der Waals surface area contributed by atoms with Crippen LogP contribution in [0, 0.1) is 0 Å². The molecule has 0 fully saturated rings. The zero-order valence-electron chi connectivity index (χ0n) is 14.7. The molecule has 1 amide bonds. The van der Waals surface area contributed by atoms with Gasteiger partial charge in [0.15, 0.2) is 5.75 Å². The Morgan fingerprint density at radius 2 is 1.48 bits per heavy atom. The maximum absolute atomic E-state index is 12.6. The fourth-order valence-electron chi connectivity index (χ4n) is 2.05. The van der Waals surface area contributed by atoms with E-state index in [0.29, 0.717) is 5.69 Å². The van der Waals surface area contributed by atoms with Crippen molar-refractivity contribution in [3.63, 3.8) is 0 Å². The summed E-state index contributed by atoms with van der Waals surface area (Å²) in [6.45, 7) is 3.30. The Labute approximate surface area is 166 Å². The Morgan fingerprint density at radius 1 is 0.926 bits per heavy atom. The molecule has 2 aromatic rings. The van der Waals surface area contributed by atoms with Crippen LogP contribution in [0.25, 0.3) is 0 Å². The second-order valence-electron chi connectivity index (χ2n) is 5.37. The molecule has 8 heteroatoms. The lowest BCUT2D eigenvalue weighted by Gasteiger charge is -2.12. The molecule has 0 aromatic heterocycles. The van der Waals surface area contributed by atoms with E-state index in [0.717, 1.165) is 0 Å². The number of para-hydroxylation sites is 1. The van der Waals surface area contributed by atoms with Crippen molar-refractivity contribution in [3.05, 3.63) is 52.0 Å². The second-order valence-corrected chi connectivity index (χ2v) is 6.19. The number of nitrogens with one attached hydrogen (secondary N) is 1. The molecule has 0 bridgehead atoms. The number of ether oxygens (including phenoxy) is 2. The van der Waals surface area contributed by atoms with Crippen molar-refractivity contribution < 1.29 is 23.9 Å². The van der Waals surface area contributed by atoms with Gasteiger partial charge in [0.25, 0.3) is 5.91 Å². The average molecular weight is 410 g/mol. The highest BCUT2D eigenvalue weighted by Crippen LogP contribution is 2.36. The number of esters is 2. The van der Waals surface area contributed by atoms with Gasteiger partial charge < -0.3 is 14.8 Å². The van der Waals surface area contributed by atoms with Crippen LogP contribution in [0.3, 0.4) is 0 Å². The average Bonchev–Trinajstić information content (AvgIpc) is 2.64. The molecule has 27 heavy (non-hydrogen) atoms. The van der Waals surface area contributed by atoms with Gasteiger partial charge in [0, 0.05) is 18.5 Å². The van der Waals surface area contributed by atoms with Crippen LogP contribution in [-0.2, 0) is 9.59 Å². The Kier molecular flexibility index (Phi) is 7.21. The van der Waals surface area contributed by atoms with Crippen molar-refractivity contribution in [3.8, 4) is 11.5 Å². The van der Waals surface area contributed by atoms with Crippen molar-refractivity contribution >= 4 is 46.7 Å². The molecule has 0 saturated heterocycles. The van der Waals surface area contributed by atoms with E-state index in [2.05, 4.69) is 5.32 Å². The first-order valence-corrected chi connectivity index (χ1v) is 8.92. The molecule has 2 aromatic carbocycles. The number of hydrogen-bond acceptors (Lipinski definition) is 5. The summed E-state index contributed by atoms with van der Waals surface area (Å²) in [6.07, 6.45) is 0.345. The van der Waals surface area contributed by atoms with E-state index in [1.165, 1.54) is 24.3 Å². The highest BCUT2D eigenvalue weighted by molar-refractivity contribution is 6.38. The zero-order chi connectivity index (χ0) is 20.0. The largest absolute Gasteiger partial charge is 0.426 e. The van der Waals surface area contributed by atoms with E-state index in [1.54, 1.807) is 26.0 Å². The highest BCUT2D eigenvalue weighted by Gasteiger charge is 2.17. The van der Waals surface area contributed by atoms with Gasteiger partial charge in [-0.15, -0.1) is 0 Å². The molecular weight excluding hydrogens is 393 g/mol. The zero-order valence-corrected chi connectivity index (χ0v) is 16.2. The van der Waals surface area contributed by atoms with Crippen molar-refractivity contribution in [2.75, 3.05) is 5.32 Å². The van der Waals surface area contributed by atoms with Crippen LogP contribution in [-0.4, -0.2) is 17.8 Å². The van der Waals surface area contributed by atoms with Gasteiger partial charge in [-0.2, -0.15) is 0 Å². The van der Waals surface area contributed by atoms with Gasteiger partial charge in [-0.25, -0.2) is 0 Å². The summed E-state index contributed by atoms with van der Waals surface area (Å²) in [6, 6.07) is 9.16. The van der Waals surface area contributed by atoms with Crippen molar-refractivity contribution in [1.82, 2.24) is 0 Å². The lowest BCUT2D eigenvalue weighted by atomic mass is 10.2. The van der Waals surface area contributed by atoms with Crippen LogP contribution in [0.5, 0.6) is 11.5 Å². The lowest BCUT2D eigenvalue weighted by Crippen LogP contribution is -2.15. The number of rotatable bonds is 6. The van der Waals surface area contributed by atoms with Crippen molar-refractivity contribution in [2.24, 2.45) is 0 Å². The van der Waals surface area contributed by atoms with Gasteiger partial charge in [-0.3, -0.25) is 14.4 Å². The summed E-state index contributed by atoms with van der Waals surface area (Å²) in [7, 11) is 0. The summed E-state index contributed by atoms with van der Waals surface area (Å²) >= 11 is 12.2. The van der Waals surface area contributed by atoms with Gasteiger partial charge in [-0.05, 0) is 24.3 Å². The Bertz CT molecular complexity index is 859. The molecule has 2 rings (SSSR count). The summed E-state index contributed by atoms with van der Waals surface area (Å²) in [5.41, 5.74) is 0.468. The second kappa shape index (κ2) is 9.39. The molecule has 0 spiro atoms. The fraction of sp³-hybridized carbons (Fsp3) is 0.211. The summed E-state index contributed by atoms with van der Waals surface area (Å²) < 4.78 is 10.2. The minimum atomic E-state index is -0.514. The number of carbonyl (C=O) groups is 3. The number of benzene rings is 2. The van der Waals surface area contributed by atoms with E-state index in [4.69, 9.17) is 32.7 Å². The summed E-state index contributed by atoms with van der Waals surface area (Å²) in [5, 5.41) is 2.78. The first kappa shape index (κ1) is 20.7. The Balaban J connectivity index is 2.24. The smallest absolute Gasteiger partial charge is 0.310 e. The standard InChI is InChI=1S/C19H17Cl2NO5/c1-3-16(23)26-15-8-6-5-7-12(15)19(25)22-11-9-13(20)18(14(21)10-11)27-17(24)4-2/h5-10H,3-4H2,1-2H3,(H,22,25). The maximum Gasteiger partial charge on any atom is 0.310 e. The molecule has 0 aliphatic carbocycles. The molecule has 0 aliphatic heterocycles. The first-order valence-electron chi connectivity index (χ1n) is 8.16. The third-order valence-corrected chi connectivity index (χ3v) is 3.97. The monoisotopic (exact) mass is 409 g/mol. The Morgan fingerprint density at radius 3 is 2.07 bits per heavy atom. The molecule has 0 radical (unpaired) electrons. The normalized spacial score (nSPS) is 10.2. The number of carbonyl (C=O) groups excluding carboxylic acids is 3. The van der Waals surface area contributed by atoms with Gasteiger partial charge in [-0.1, -0.05) is 49.2 Å². The predicted octanol–water partition coefficient (Wildman–Crippen LogP) is 4.88. The van der Waals surface area contributed by atoms with E-state index in [1.807, 2.05) is 0 Å². The number of anilines is 1. The van der Waals surface area contributed by atoms with Crippen LogP contribution < -0.4 is 14.8 Å². The first-order chi connectivity index (χ1) is 12.8. The topological polar surface area (TPSA) is 81.7 Å². The van der Waals surface area contributed by atoms with Gasteiger partial charge in [0.05, 0.1) is 15.6 Å². The predicted molar refractivity (Wildman–Crippen MR) is 103 cm³/mol.